The van der Waals surface area contributed by atoms with Crippen molar-refractivity contribution < 1.29 is 9.59 Å². The summed E-state index contributed by atoms with van der Waals surface area (Å²) in [6.07, 6.45) is 5.10. The van der Waals surface area contributed by atoms with E-state index in [-0.39, 0.29) is 18.4 Å². The fraction of sp³-hybridized carbons (Fsp3) is 0.381. The lowest BCUT2D eigenvalue weighted by Crippen LogP contribution is -2.42. The Labute approximate surface area is 154 Å². The summed E-state index contributed by atoms with van der Waals surface area (Å²) in [6, 6.07) is 9.42. The lowest BCUT2D eigenvalue weighted by Gasteiger charge is -2.31. The molecular formula is C21H25N3O2. The molecule has 1 aromatic carbocycles. The first-order chi connectivity index (χ1) is 12.5. The van der Waals surface area contributed by atoms with E-state index in [1.807, 2.05) is 25.1 Å². The smallest absolute Gasteiger partial charge is 0.260 e. The molecule has 26 heavy (non-hydrogen) atoms. The summed E-state index contributed by atoms with van der Waals surface area (Å²) in [4.78, 5) is 30.7. The number of hydrogen-bond donors (Lipinski definition) is 1. The highest BCUT2D eigenvalue weighted by Crippen LogP contribution is 2.47. The third-order valence-electron chi connectivity index (χ3n) is 4.33. The zero-order valence-electron chi connectivity index (χ0n) is 15.6. The maximum Gasteiger partial charge on any atom is 0.260 e. The minimum atomic E-state index is -0.179. The quantitative estimate of drug-likeness (QED) is 0.878. The molecule has 0 unspecified atom stereocenters. The molecule has 0 bridgehead atoms. The Morgan fingerprint density at radius 1 is 1.23 bits per heavy atom. The minimum absolute atomic E-state index is 0.0451. The second-order valence-electron chi connectivity index (χ2n) is 6.85. The molecule has 2 amide bonds. The molecule has 1 aromatic heterocycles. The summed E-state index contributed by atoms with van der Waals surface area (Å²) in [6.45, 7) is 6.17. The van der Waals surface area contributed by atoms with Crippen LogP contribution in [0.4, 0.5) is 11.4 Å². The van der Waals surface area contributed by atoms with Gasteiger partial charge in [0.25, 0.3) is 5.91 Å². The number of benzene rings is 1. The highest BCUT2D eigenvalue weighted by molar-refractivity contribution is 6.15. The van der Waals surface area contributed by atoms with Crippen molar-refractivity contribution in [1.82, 2.24) is 4.98 Å². The number of para-hydroxylation sites is 1. The normalized spacial score (nSPS) is 15.5. The predicted molar refractivity (Wildman–Crippen MR) is 104 cm³/mol. The van der Waals surface area contributed by atoms with E-state index in [9.17, 15) is 9.59 Å². The van der Waals surface area contributed by atoms with E-state index in [4.69, 9.17) is 0 Å². The molecule has 2 aliphatic rings. The molecule has 4 rings (SSSR count). The van der Waals surface area contributed by atoms with Gasteiger partial charge in [0, 0.05) is 11.9 Å². The molecule has 1 saturated carbocycles. The van der Waals surface area contributed by atoms with Gasteiger partial charge in [-0.05, 0) is 49.4 Å². The van der Waals surface area contributed by atoms with E-state index in [0.29, 0.717) is 11.5 Å². The van der Waals surface area contributed by atoms with Crippen LogP contribution in [-0.4, -0.2) is 23.3 Å². The molecule has 0 atom stereocenters. The van der Waals surface area contributed by atoms with E-state index in [0.717, 1.165) is 35.5 Å². The number of carbonyl (C=O) groups excluding carboxylic acids is 2. The number of pyridine rings is 1. The summed E-state index contributed by atoms with van der Waals surface area (Å²) >= 11 is 0. The van der Waals surface area contributed by atoms with Crippen molar-refractivity contribution in [2.75, 3.05) is 16.8 Å². The predicted octanol–water partition coefficient (Wildman–Crippen LogP) is 4.28. The van der Waals surface area contributed by atoms with Gasteiger partial charge < -0.3 is 5.32 Å². The standard InChI is InChI=1S/C18H17N3O2.C3H8/c1-11-5-6-13(9-19-11)18(23)21-10-16(22)20-15-4-2-3-14(17(15)21)12-7-8-12;1-3-2/h2-6,9,12H,7-8,10H2,1H3,(H,20,22);3H2,1-2H3. The van der Waals surface area contributed by atoms with Crippen LogP contribution in [0.15, 0.2) is 36.5 Å². The Balaban J connectivity index is 0.000000613. The van der Waals surface area contributed by atoms with Crippen molar-refractivity contribution >= 4 is 23.2 Å². The van der Waals surface area contributed by atoms with Crippen LogP contribution in [0.25, 0.3) is 0 Å². The summed E-state index contributed by atoms with van der Waals surface area (Å²) in [5.74, 6) is 0.145. The lowest BCUT2D eigenvalue weighted by molar-refractivity contribution is -0.115. The number of nitrogens with zero attached hydrogens (tertiary/aromatic N) is 2. The van der Waals surface area contributed by atoms with Gasteiger partial charge in [-0.25, -0.2) is 0 Å². The van der Waals surface area contributed by atoms with Crippen LogP contribution in [-0.2, 0) is 4.79 Å². The second-order valence-corrected chi connectivity index (χ2v) is 6.85. The van der Waals surface area contributed by atoms with E-state index in [2.05, 4.69) is 30.2 Å². The first-order valence-electron chi connectivity index (χ1n) is 9.22. The van der Waals surface area contributed by atoms with Crippen LogP contribution >= 0.6 is 0 Å². The van der Waals surface area contributed by atoms with Gasteiger partial charge in [-0.1, -0.05) is 32.4 Å². The molecule has 0 radical (unpaired) electrons. The Morgan fingerprint density at radius 2 is 1.96 bits per heavy atom. The molecule has 2 heterocycles. The van der Waals surface area contributed by atoms with E-state index in [1.165, 1.54) is 6.42 Å². The van der Waals surface area contributed by atoms with Crippen LogP contribution in [0, 0.1) is 6.92 Å². The largest absolute Gasteiger partial charge is 0.323 e. The van der Waals surface area contributed by atoms with Crippen molar-refractivity contribution in [3.8, 4) is 0 Å². The molecular weight excluding hydrogens is 326 g/mol. The molecule has 1 aliphatic heterocycles. The highest BCUT2D eigenvalue weighted by atomic mass is 16.2. The molecule has 1 N–H and O–H groups in total. The van der Waals surface area contributed by atoms with E-state index >= 15 is 0 Å². The van der Waals surface area contributed by atoms with Crippen LogP contribution in [0.2, 0.25) is 0 Å². The Kier molecular flexibility index (Phi) is 5.35. The number of aryl methyl sites for hydroxylation is 1. The monoisotopic (exact) mass is 351 g/mol. The van der Waals surface area contributed by atoms with Crippen LogP contribution in [0.1, 0.15) is 60.6 Å². The summed E-state index contributed by atoms with van der Waals surface area (Å²) < 4.78 is 0. The first kappa shape index (κ1) is 18.1. The van der Waals surface area contributed by atoms with Gasteiger partial charge in [-0.15, -0.1) is 0 Å². The topological polar surface area (TPSA) is 62.3 Å². The second kappa shape index (κ2) is 7.68. The van der Waals surface area contributed by atoms with Gasteiger partial charge in [0.1, 0.15) is 6.54 Å². The Bertz CT molecular complexity index is 811. The Hall–Kier alpha value is -2.69. The zero-order valence-corrected chi connectivity index (χ0v) is 15.6. The van der Waals surface area contributed by atoms with Gasteiger partial charge in [0.05, 0.1) is 16.9 Å². The fourth-order valence-electron chi connectivity index (χ4n) is 3.02. The van der Waals surface area contributed by atoms with Gasteiger partial charge in [-0.2, -0.15) is 0 Å². The summed E-state index contributed by atoms with van der Waals surface area (Å²) in [7, 11) is 0. The number of amides is 2. The SMILES string of the molecule is CCC.Cc1ccc(C(=O)N2CC(=O)Nc3cccc(C4CC4)c32)cn1. The van der Waals surface area contributed by atoms with Crippen molar-refractivity contribution in [2.45, 2.75) is 46.0 Å². The minimum Gasteiger partial charge on any atom is -0.323 e. The molecule has 5 heteroatoms. The van der Waals surface area contributed by atoms with Crippen LogP contribution < -0.4 is 10.2 Å². The summed E-state index contributed by atoms with van der Waals surface area (Å²) in [5.41, 5.74) is 4.08. The molecule has 5 nitrogen and oxygen atoms in total. The first-order valence-corrected chi connectivity index (χ1v) is 9.22. The molecule has 0 spiro atoms. The van der Waals surface area contributed by atoms with Gasteiger partial charge in [0.15, 0.2) is 0 Å². The average molecular weight is 351 g/mol. The molecule has 2 aromatic rings. The fourth-order valence-corrected chi connectivity index (χ4v) is 3.02. The molecule has 136 valence electrons. The molecule has 0 saturated heterocycles. The number of anilines is 2. The number of aromatic nitrogens is 1. The van der Waals surface area contributed by atoms with Gasteiger partial charge >= 0.3 is 0 Å². The molecule has 1 aliphatic carbocycles. The van der Waals surface area contributed by atoms with Crippen molar-refractivity contribution in [3.63, 3.8) is 0 Å². The van der Waals surface area contributed by atoms with Gasteiger partial charge in [-0.3, -0.25) is 19.5 Å². The van der Waals surface area contributed by atoms with Crippen LogP contribution in [0.3, 0.4) is 0 Å². The number of rotatable bonds is 2. The maximum atomic E-state index is 12.9. The van der Waals surface area contributed by atoms with Crippen LogP contribution in [0.5, 0.6) is 0 Å². The molecule has 1 fully saturated rings. The summed E-state index contributed by atoms with van der Waals surface area (Å²) in [5, 5.41) is 2.88. The zero-order chi connectivity index (χ0) is 18.7. The lowest BCUT2D eigenvalue weighted by atomic mass is 10.0. The van der Waals surface area contributed by atoms with Crippen molar-refractivity contribution in [1.29, 1.82) is 0 Å². The van der Waals surface area contributed by atoms with E-state index in [1.54, 1.807) is 17.2 Å². The van der Waals surface area contributed by atoms with Crippen molar-refractivity contribution in [3.05, 3.63) is 53.3 Å². The highest BCUT2D eigenvalue weighted by Gasteiger charge is 2.34. The number of fused-ring (bicyclic) bond motifs is 1. The number of nitrogens with one attached hydrogen (secondary N) is 1. The van der Waals surface area contributed by atoms with Gasteiger partial charge in [0.2, 0.25) is 5.91 Å². The Morgan fingerprint density at radius 3 is 2.58 bits per heavy atom. The number of carbonyl (C=O) groups is 2. The van der Waals surface area contributed by atoms with Crippen molar-refractivity contribution in [2.24, 2.45) is 0 Å². The average Bonchev–Trinajstić information content (AvgIpc) is 3.46. The maximum absolute atomic E-state index is 12.9. The van der Waals surface area contributed by atoms with E-state index < -0.39 is 0 Å². The third kappa shape index (κ3) is 3.77. The number of hydrogen-bond acceptors (Lipinski definition) is 3. The third-order valence-corrected chi connectivity index (χ3v) is 4.33.